The summed E-state index contributed by atoms with van der Waals surface area (Å²) in [7, 11) is 0. The minimum absolute atomic E-state index is 0.454. The van der Waals surface area contributed by atoms with Gasteiger partial charge in [-0.1, -0.05) is 23.9 Å². The molecule has 0 unspecified atom stereocenters. The van der Waals surface area contributed by atoms with Gasteiger partial charge in [0.15, 0.2) is 0 Å². The number of carbonyl (C=O) groups is 2. The number of hydrogen-bond acceptors (Lipinski definition) is 3. The molecule has 19 heavy (non-hydrogen) atoms. The number of rotatable bonds is 4. The molecule has 0 spiro atoms. The molecule has 0 aliphatic carbocycles. The largest absolute Gasteiger partial charge is 0.276 e. The van der Waals surface area contributed by atoms with Gasteiger partial charge in [-0.25, -0.2) is 0 Å². The van der Waals surface area contributed by atoms with Crippen molar-refractivity contribution in [3.05, 3.63) is 59.7 Å². The number of carbonyl (C=O) groups excluding carboxylic acids is 2. The molecule has 2 rings (SSSR count). The van der Waals surface area contributed by atoms with E-state index in [2.05, 4.69) is 0 Å². The Kier molecular flexibility index (Phi) is 4.64. The van der Waals surface area contributed by atoms with Crippen molar-refractivity contribution in [2.24, 2.45) is 0 Å². The summed E-state index contributed by atoms with van der Waals surface area (Å²) in [5.41, 5.74) is 0.912. The number of hydrogen-bond donors (Lipinski definition) is 0. The first kappa shape index (κ1) is 14.1. The third-order valence-electron chi connectivity index (χ3n) is 2.38. The Morgan fingerprint density at radius 2 is 1.42 bits per heavy atom. The van der Waals surface area contributed by atoms with Gasteiger partial charge in [-0.3, -0.25) is 9.59 Å². The van der Waals surface area contributed by atoms with Crippen molar-refractivity contribution in [1.29, 1.82) is 0 Å². The van der Waals surface area contributed by atoms with Gasteiger partial charge < -0.3 is 0 Å². The van der Waals surface area contributed by atoms with E-state index in [-0.39, 0.29) is 0 Å². The minimum atomic E-state index is -0.481. The summed E-state index contributed by atoms with van der Waals surface area (Å²) in [6.07, 6.45) is 0. The van der Waals surface area contributed by atoms with E-state index in [9.17, 15) is 9.59 Å². The summed E-state index contributed by atoms with van der Waals surface area (Å²) in [4.78, 5) is 23.9. The molecule has 0 N–H and O–H groups in total. The van der Waals surface area contributed by atoms with Gasteiger partial charge in [-0.2, -0.15) is 0 Å². The molecule has 2 nitrogen and oxygen atoms in total. The van der Waals surface area contributed by atoms with Crippen molar-refractivity contribution in [3.63, 3.8) is 0 Å². The molecule has 2 aromatic carbocycles. The Morgan fingerprint density at radius 1 is 0.789 bits per heavy atom. The molecule has 96 valence electrons. The molecule has 0 amide bonds. The molecule has 0 bridgehead atoms. The highest BCUT2D eigenvalue weighted by Gasteiger charge is 2.05. The molecule has 0 aliphatic heterocycles. The highest BCUT2D eigenvalue weighted by molar-refractivity contribution is 7.99. The molecule has 0 aliphatic rings. The molecule has 0 radical (unpaired) electrons. The zero-order valence-electron chi connectivity index (χ0n) is 9.60. The van der Waals surface area contributed by atoms with Crippen LogP contribution in [-0.2, 0) is 0 Å². The first-order valence-electron chi connectivity index (χ1n) is 5.34. The van der Waals surface area contributed by atoms with Crippen molar-refractivity contribution < 1.29 is 9.59 Å². The standard InChI is InChI=1S/C14H8Cl2O2S/c15-13(17)9-4-6-11(7-5-9)19-12-3-1-2-10(8-12)14(16)18/h1-8H. The van der Waals surface area contributed by atoms with Crippen LogP contribution in [0, 0.1) is 0 Å². The SMILES string of the molecule is O=C(Cl)c1ccc(Sc2cccc(C(=O)Cl)c2)cc1. The van der Waals surface area contributed by atoms with Crippen LogP contribution in [0.25, 0.3) is 0 Å². The van der Waals surface area contributed by atoms with E-state index >= 15 is 0 Å². The maximum atomic E-state index is 11.1. The van der Waals surface area contributed by atoms with Crippen LogP contribution in [0.1, 0.15) is 20.7 Å². The molecule has 0 saturated carbocycles. The fourth-order valence-corrected chi connectivity index (χ4v) is 2.59. The predicted octanol–water partition coefficient (Wildman–Crippen LogP) is 4.60. The van der Waals surface area contributed by atoms with Crippen LogP contribution in [-0.4, -0.2) is 10.5 Å². The smallest absolute Gasteiger partial charge is 0.252 e. The van der Waals surface area contributed by atoms with Crippen molar-refractivity contribution in [2.75, 3.05) is 0 Å². The molecule has 0 fully saturated rings. The lowest BCUT2D eigenvalue weighted by atomic mass is 10.2. The highest BCUT2D eigenvalue weighted by atomic mass is 35.5. The summed E-state index contributed by atoms with van der Waals surface area (Å²) in [6.45, 7) is 0. The van der Waals surface area contributed by atoms with E-state index in [1.807, 2.05) is 6.07 Å². The molecule has 0 saturated heterocycles. The Morgan fingerprint density at radius 3 is 2.00 bits per heavy atom. The van der Waals surface area contributed by atoms with Gasteiger partial charge in [0.25, 0.3) is 10.5 Å². The first-order valence-corrected chi connectivity index (χ1v) is 6.91. The number of halogens is 2. The van der Waals surface area contributed by atoms with Gasteiger partial charge in [0.2, 0.25) is 0 Å². The minimum Gasteiger partial charge on any atom is -0.276 e. The van der Waals surface area contributed by atoms with Crippen molar-refractivity contribution in [1.82, 2.24) is 0 Å². The Hall–Kier alpha value is -1.29. The summed E-state index contributed by atoms with van der Waals surface area (Å²) in [6, 6.07) is 14.0. The van der Waals surface area contributed by atoms with Crippen LogP contribution in [0.5, 0.6) is 0 Å². The monoisotopic (exact) mass is 310 g/mol. The zero-order chi connectivity index (χ0) is 13.8. The molecular weight excluding hydrogens is 303 g/mol. The molecule has 0 atom stereocenters. The third-order valence-corrected chi connectivity index (χ3v) is 3.81. The normalized spacial score (nSPS) is 10.2. The van der Waals surface area contributed by atoms with E-state index < -0.39 is 10.5 Å². The number of benzene rings is 2. The van der Waals surface area contributed by atoms with E-state index in [1.54, 1.807) is 42.5 Å². The van der Waals surface area contributed by atoms with E-state index in [4.69, 9.17) is 23.2 Å². The van der Waals surface area contributed by atoms with Crippen LogP contribution < -0.4 is 0 Å². The second-order valence-corrected chi connectivity index (χ2v) is 5.54. The summed E-state index contributed by atoms with van der Waals surface area (Å²) < 4.78 is 0. The quantitative estimate of drug-likeness (QED) is 0.774. The Labute approximate surface area is 124 Å². The van der Waals surface area contributed by atoms with Crippen LogP contribution in [0.15, 0.2) is 58.3 Å². The van der Waals surface area contributed by atoms with E-state index in [0.717, 1.165) is 9.79 Å². The molecule has 5 heteroatoms. The lowest BCUT2D eigenvalue weighted by molar-refractivity contribution is 0.107. The first-order chi connectivity index (χ1) is 9.06. The van der Waals surface area contributed by atoms with Crippen molar-refractivity contribution in [2.45, 2.75) is 9.79 Å². The lowest BCUT2D eigenvalue weighted by Crippen LogP contribution is -1.89. The molecular formula is C14H8Cl2O2S. The molecule has 2 aromatic rings. The van der Waals surface area contributed by atoms with Crippen LogP contribution in [0.3, 0.4) is 0 Å². The van der Waals surface area contributed by atoms with Crippen molar-refractivity contribution >= 4 is 45.4 Å². The Balaban J connectivity index is 2.19. The average Bonchev–Trinajstić information content (AvgIpc) is 2.39. The van der Waals surface area contributed by atoms with Crippen LogP contribution >= 0.6 is 35.0 Å². The Bertz CT molecular complexity index is 624. The second kappa shape index (κ2) is 6.24. The van der Waals surface area contributed by atoms with Gasteiger partial charge in [-0.15, -0.1) is 0 Å². The third kappa shape index (κ3) is 3.83. The van der Waals surface area contributed by atoms with E-state index in [1.165, 1.54) is 11.8 Å². The van der Waals surface area contributed by atoms with Gasteiger partial charge >= 0.3 is 0 Å². The fourth-order valence-electron chi connectivity index (χ4n) is 1.47. The molecule has 0 aromatic heterocycles. The van der Waals surface area contributed by atoms with Gasteiger partial charge in [-0.05, 0) is 59.6 Å². The summed E-state index contributed by atoms with van der Waals surface area (Å²) >= 11 is 12.3. The summed E-state index contributed by atoms with van der Waals surface area (Å²) in [5, 5.41) is -0.961. The maximum Gasteiger partial charge on any atom is 0.252 e. The highest BCUT2D eigenvalue weighted by Crippen LogP contribution is 2.28. The maximum absolute atomic E-state index is 11.1. The molecule has 0 heterocycles. The van der Waals surface area contributed by atoms with E-state index in [0.29, 0.717) is 11.1 Å². The second-order valence-electron chi connectivity index (χ2n) is 3.70. The van der Waals surface area contributed by atoms with Crippen LogP contribution in [0.2, 0.25) is 0 Å². The summed E-state index contributed by atoms with van der Waals surface area (Å²) in [5.74, 6) is 0. The topological polar surface area (TPSA) is 34.1 Å². The zero-order valence-corrected chi connectivity index (χ0v) is 11.9. The predicted molar refractivity (Wildman–Crippen MR) is 77.4 cm³/mol. The van der Waals surface area contributed by atoms with Crippen molar-refractivity contribution in [3.8, 4) is 0 Å². The van der Waals surface area contributed by atoms with Gasteiger partial charge in [0, 0.05) is 20.9 Å². The average molecular weight is 311 g/mol. The fraction of sp³-hybridized carbons (Fsp3) is 0. The lowest BCUT2D eigenvalue weighted by Gasteiger charge is -2.03. The van der Waals surface area contributed by atoms with Gasteiger partial charge in [0.05, 0.1) is 0 Å². The van der Waals surface area contributed by atoms with Crippen LogP contribution in [0.4, 0.5) is 0 Å². The van der Waals surface area contributed by atoms with Gasteiger partial charge in [0.1, 0.15) is 0 Å².